The number of ether oxygens (including phenoxy) is 1. The van der Waals surface area contributed by atoms with E-state index in [0.29, 0.717) is 0 Å². The van der Waals surface area contributed by atoms with E-state index in [4.69, 9.17) is 24.0 Å². The molecule has 4 rings (SSSR count). The summed E-state index contributed by atoms with van der Waals surface area (Å²) in [5.41, 5.74) is 3.94. The molecular weight excluding hydrogens is 393 g/mol. The van der Waals surface area contributed by atoms with Crippen LogP contribution in [0.2, 0.25) is 0 Å². The Balaban J connectivity index is 1.74. The first-order valence-corrected chi connectivity index (χ1v) is 9.97. The molecule has 2 aliphatic heterocycles. The Labute approximate surface area is 158 Å². The zero-order valence-electron chi connectivity index (χ0n) is 15.1. The number of phosphoric ester groups is 1. The molecule has 4 N–H and O–H groups in total. The number of aliphatic hydroxyl groups excluding tert-OH is 1. The highest BCUT2D eigenvalue weighted by molar-refractivity contribution is 7.48. The van der Waals surface area contributed by atoms with Crippen molar-refractivity contribution in [2.24, 2.45) is 0 Å². The molecule has 2 aliphatic rings. The van der Waals surface area contributed by atoms with E-state index in [-0.39, 0.29) is 23.7 Å². The van der Waals surface area contributed by atoms with Gasteiger partial charge in [0.2, 0.25) is 5.95 Å². The van der Waals surface area contributed by atoms with Gasteiger partial charge in [0.05, 0.1) is 19.0 Å². The molecule has 0 spiro atoms. The highest BCUT2D eigenvalue weighted by Gasteiger charge is 2.61. The third kappa shape index (κ3) is 2.89. The molecule has 13 heteroatoms. The van der Waals surface area contributed by atoms with E-state index in [2.05, 4.69) is 21.5 Å². The van der Waals surface area contributed by atoms with Crippen molar-refractivity contribution in [3.05, 3.63) is 29.3 Å². The van der Waals surface area contributed by atoms with Crippen LogP contribution in [0, 0.1) is 0 Å². The summed E-state index contributed by atoms with van der Waals surface area (Å²) in [5, 5.41) is 10.9. The summed E-state index contributed by atoms with van der Waals surface area (Å²) in [4.78, 5) is 22.4. The Hall–Kier alpha value is -2.08. The van der Waals surface area contributed by atoms with Crippen LogP contribution in [0.5, 0.6) is 0 Å². The van der Waals surface area contributed by atoms with Crippen LogP contribution in [0.15, 0.2) is 23.8 Å². The molecular formula is C15H20N5O7P. The number of nitrogens with zero attached hydrogens (tertiary/aromatic N) is 3. The quantitative estimate of drug-likeness (QED) is 0.474. The minimum atomic E-state index is -3.90. The second kappa shape index (κ2) is 6.48. The first-order chi connectivity index (χ1) is 13.2. The average Bonchev–Trinajstić information content (AvgIpc) is 3.14. The van der Waals surface area contributed by atoms with Crippen molar-refractivity contribution in [3.63, 3.8) is 0 Å². The van der Waals surface area contributed by atoms with Gasteiger partial charge in [0, 0.05) is 0 Å². The van der Waals surface area contributed by atoms with Crippen molar-refractivity contribution in [1.82, 2.24) is 19.5 Å². The fraction of sp³-hybridized carbons (Fsp3) is 0.533. The smallest absolute Gasteiger partial charge is 0.386 e. The van der Waals surface area contributed by atoms with Crippen molar-refractivity contribution in [3.8, 4) is 0 Å². The maximum absolute atomic E-state index is 12.7. The standard InChI is InChI=1S/C15H20N5O7P/c1-4-15-5-24-28(23,26-7(2)3)27-10(15)9(21)13(25-15)20-6-17-8-11(20)18-14(16)19-12(8)22/h4,6-7,9-10,13,21H,1,5H2,2-3H3,(H3,16,18,19,22)/t9-,10+,13-,15-,28?/m1/s1. The van der Waals surface area contributed by atoms with Crippen LogP contribution in [0.25, 0.3) is 11.2 Å². The van der Waals surface area contributed by atoms with E-state index in [9.17, 15) is 14.5 Å². The zero-order valence-corrected chi connectivity index (χ0v) is 16.0. The van der Waals surface area contributed by atoms with Crippen LogP contribution in [0.3, 0.4) is 0 Å². The Kier molecular flexibility index (Phi) is 4.45. The van der Waals surface area contributed by atoms with Gasteiger partial charge in [-0.15, -0.1) is 6.58 Å². The maximum Gasteiger partial charge on any atom is 0.475 e. The molecule has 2 fully saturated rings. The number of nitrogens with two attached hydrogens (primary N) is 1. The van der Waals surface area contributed by atoms with Crippen LogP contribution in [-0.4, -0.2) is 55.1 Å². The van der Waals surface area contributed by atoms with Crippen LogP contribution in [0.1, 0.15) is 20.1 Å². The lowest BCUT2D eigenvalue weighted by atomic mass is 9.96. The van der Waals surface area contributed by atoms with Gasteiger partial charge < -0.3 is 15.6 Å². The largest absolute Gasteiger partial charge is 0.475 e. The number of H-pyrrole nitrogens is 1. The van der Waals surface area contributed by atoms with Crippen molar-refractivity contribution >= 4 is 24.9 Å². The molecule has 12 nitrogen and oxygen atoms in total. The van der Waals surface area contributed by atoms with Gasteiger partial charge in [0.1, 0.15) is 17.8 Å². The topological polar surface area (TPSA) is 164 Å². The summed E-state index contributed by atoms with van der Waals surface area (Å²) in [5.74, 6) is -0.114. The lowest BCUT2D eigenvalue weighted by Crippen LogP contribution is -2.49. The number of fused-ring (bicyclic) bond motifs is 2. The lowest BCUT2D eigenvalue weighted by molar-refractivity contribution is -0.119. The number of aromatic amines is 1. The van der Waals surface area contributed by atoms with Gasteiger partial charge in [-0.3, -0.25) is 27.9 Å². The summed E-state index contributed by atoms with van der Waals surface area (Å²) < 4.78 is 36.2. The van der Waals surface area contributed by atoms with Crippen LogP contribution in [0.4, 0.5) is 5.95 Å². The molecule has 152 valence electrons. The van der Waals surface area contributed by atoms with E-state index in [1.165, 1.54) is 17.0 Å². The number of imidazole rings is 1. The van der Waals surface area contributed by atoms with Gasteiger partial charge in [0.15, 0.2) is 17.4 Å². The highest BCUT2D eigenvalue weighted by Crippen LogP contribution is 2.60. The van der Waals surface area contributed by atoms with E-state index >= 15 is 0 Å². The van der Waals surface area contributed by atoms with Crippen LogP contribution < -0.4 is 11.3 Å². The van der Waals surface area contributed by atoms with E-state index in [1.807, 2.05) is 0 Å². The molecule has 1 unspecified atom stereocenters. The molecule has 0 bridgehead atoms. The predicted octanol–water partition coefficient (Wildman–Crippen LogP) is 0.465. The molecule has 2 saturated heterocycles. The minimum Gasteiger partial charge on any atom is -0.386 e. The Morgan fingerprint density at radius 2 is 2.36 bits per heavy atom. The number of phosphoric acid groups is 1. The maximum atomic E-state index is 12.7. The summed E-state index contributed by atoms with van der Waals surface area (Å²) >= 11 is 0. The summed E-state index contributed by atoms with van der Waals surface area (Å²) in [6, 6.07) is 0. The van der Waals surface area contributed by atoms with Gasteiger partial charge in [-0.05, 0) is 13.8 Å². The summed E-state index contributed by atoms with van der Waals surface area (Å²) in [6.45, 7) is 6.87. The normalized spacial score (nSPS) is 35.4. The van der Waals surface area contributed by atoms with Crippen molar-refractivity contribution in [1.29, 1.82) is 0 Å². The molecule has 0 amide bonds. The van der Waals surface area contributed by atoms with Crippen molar-refractivity contribution in [2.75, 3.05) is 12.3 Å². The molecule has 28 heavy (non-hydrogen) atoms. The van der Waals surface area contributed by atoms with Gasteiger partial charge >= 0.3 is 7.82 Å². The molecule has 0 aromatic carbocycles. The van der Waals surface area contributed by atoms with Gasteiger partial charge in [-0.2, -0.15) is 4.98 Å². The Bertz CT molecular complexity index is 1040. The monoisotopic (exact) mass is 413 g/mol. The SMILES string of the molecule is C=C[C@@]12COP(=O)(OC(C)C)O[C@H]1[C@@H](O)[C@H](n1cnc3c(=O)[nH]c(N)nc31)O2. The zero-order chi connectivity index (χ0) is 20.3. The van der Waals surface area contributed by atoms with Crippen LogP contribution >= 0.6 is 7.82 Å². The van der Waals surface area contributed by atoms with Gasteiger partial charge in [-0.25, -0.2) is 9.55 Å². The molecule has 4 heterocycles. The number of hydrogen-bond acceptors (Lipinski definition) is 10. The summed E-state index contributed by atoms with van der Waals surface area (Å²) in [7, 11) is -3.90. The molecule has 0 radical (unpaired) electrons. The first-order valence-electron chi connectivity index (χ1n) is 8.51. The number of aliphatic hydroxyl groups is 1. The molecule has 2 aromatic rings. The Morgan fingerprint density at radius 1 is 1.61 bits per heavy atom. The van der Waals surface area contributed by atoms with Crippen molar-refractivity contribution < 1.29 is 28.0 Å². The Morgan fingerprint density at radius 3 is 3.04 bits per heavy atom. The number of nitrogens with one attached hydrogen (secondary N) is 1. The van der Waals surface area contributed by atoms with E-state index in [1.54, 1.807) is 13.8 Å². The van der Waals surface area contributed by atoms with Gasteiger partial charge in [-0.1, -0.05) is 6.08 Å². The minimum absolute atomic E-state index is 0.0264. The lowest BCUT2D eigenvalue weighted by Gasteiger charge is -2.38. The molecule has 0 saturated carbocycles. The van der Waals surface area contributed by atoms with Crippen molar-refractivity contribution in [2.45, 2.75) is 44.0 Å². The fourth-order valence-electron chi connectivity index (χ4n) is 3.30. The molecule has 2 aromatic heterocycles. The van der Waals surface area contributed by atoms with Gasteiger partial charge in [0.25, 0.3) is 5.56 Å². The number of nitrogen functional groups attached to an aromatic ring is 1. The number of aromatic nitrogens is 4. The van der Waals surface area contributed by atoms with E-state index in [0.717, 1.165) is 0 Å². The second-order valence-corrected chi connectivity index (χ2v) is 8.41. The number of anilines is 1. The predicted molar refractivity (Wildman–Crippen MR) is 96.3 cm³/mol. The average molecular weight is 413 g/mol. The molecule has 5 atom stereocenters. The van der Waals surface area contributed by atoms with Crippen LogP contribution in [-0.2, 0) is 22.9 Å². The second-order valence-electron chi connectivity index (χ2n) is 6.83. The number of rotatable bonds is 4. The number of hydrogen-bond donors (Lipinski definition) is 3. The third-order valence-electron chi connectivity index (χ3n) is 4.53. The molecule has 0 aliphatic carbocycles. The first kappa shape index (κ1) is 19.2. The highest BCUT2D eigenvalue weighted by atomic mass is 31.2. The summed E-state index contributed by atoms with van der Waals surface area (Å²) in [6.07, 6.45) is -1.20. The third-order valence-corrected chi connectivity index (χ3v) is 6.14. The van der Waals surface area contributed by atoms with E-state index < -0.39 is 43.5 Å². The fourth-order valence-corrected chi connectivity index (χ4v) is 4.93.